The van der Waals surface area contributed by atoms with Gasteiger partial charge in [-0.2, -0.15) is 8.42 Å². The summed E-state index contributed by atoms with van der Waals surface area (Å²) in [5, 5.41) is 0. The fraction of sp³-hybridized carbons (Fsp3) is 0.500. The van der Waals surface area contributed by atoms with Crippen molar-refractivity contribution in [2.75, 3.05) is 0 Å². The molecule has 1 aromatic rings. The minimum absolute atomic E-state index is 0.0282. The zero-order valence-corrected chi connectivity index (χ0v) is 11.1. The molecular formula is C12H18O3S. The molecule has 0 aliphatic carbocycles. The van der Waals surface area contributed by atoms with Crippen molar-refractivity contribution >= 4 is 10.1 Å². The van der Waals surface area contributed by atoms with Crippen LogP contribution in [-0.2, 0) is 15.5 Å². The van der Waals surface area contributed by atoms with Crippen molar-refractivity contribution in [2.45, 2.75) is 44.9 Å². The Kier molecular flexibility index (Phi) is 3.18. The normalized spacial score (nSPS) is 12.9. The van der Waals surface area contributed by atoms with Crippen LogP contribution in [0.3, 0.4) is 0 Å². The molecule has 16 heavy (non-hydrogen) atoms. The van der Waals surface area contributed by atoms with Gasteiger partial charge in [0.2, 0.25) is 0 Å². The van der Waals surface area contributed by atoms with Crippen molar-refractivity contribution in [1.82, 2.24) is 0 Å². The first kappa shape index (κ1) is 13.2. The molecule has 90 valence electrons. The van der Waals surface area contributed by atoms with E-state index in [0.29, 0.717) is 11.1 Å². The summed E-state index contributed by atoms with van der Waals surface area (Å²) in [5.74, 6) is 0. The average Bonchev–Trinajstić information content (AvgIpc) is 1.97. The van der Waals surface area contributed by atoms with Crippen molar-refractivity contribution in [3.8, 4) is 0 Å². The van der Waals surface area contributed by atoms with Crippen LogP contribution < -0.4 is 0 Å². The molecular weight excluding hydrogens is 224 g/mol. The minimum atomic E-state index is -4.13. The summed E-state index contributed by atoms with van der Waals surface area (Å²) in [6.07, 6.45) is 0. The van der Waals surface area contributed by atoms with Gasteiger partial charge in [0, 0.05) is 0 Å². The third-order valence-corrected chi connectivity index (χ3v) is 3.74. The maximum absolute atomic E-state index is 11.2. The lowest BCUT2D eigenvalue weighted by atomic mass is 9.85. The van der Waals surface area contributed by atoms with E-state index in [1.165, 1.54) is 0 Å². The van der Waals surface area contributed by atoms with Crippen LogP contribution in [0.15, 0.2) is 17.0 Å². The van der Waals surface area contributed by atoms with Gasteiger partial charge in [-0.05, 0) is 36.0 Å². The van der Waals surface area contributed by atoms with Gasteiger partial charge >= 0.3 is 0 Å². The van der Waals surface area contributed by atoms with Gasteiger partial charge in [-0.3, -0.25) is 4.55 Å². The molecule has 0 aromatic heterocycles. The summed E-state index contributed by atoms with van der Waals surface area (Å²) in [6, 6.07) is 3.63. The predicted octanol–water partition coefficient (Wildman–Crippen LogP) is 2.85. The van der Waals surface area contributed by atoms with Crippen LogP contribution in [0.2, 0.25) is 0 Å². The molecule has 0 unspecified atom stereocenters. The van der Waals surface area contributed by atoms with Crippen LogP contribution in [0, 0.1) is 13.8 Å². The number of aryl methyl sites for hydroxylation is 2. The molecule has 0 aliphatic rings. The smallest absolute Gasteiger partial charge is 0.282 e. The predicted molar refractivity (Wildman–Crippen MR) is 64.4 cm³/mol. The Morgan fingerprint density at radius 3 is 1.69 bits per heavy atom. The maximum atomic E-state index is 11.2. The largest absolute Gasteiger partial charge is 0.295 e. The van der Waals surface area contributed by atoms with E-state index in [1.54, 1.807) is 13.8 Å². The van der Waals surface area contributed by atoms with E-state index in [4.69, 9.17) is 4.55 Å². The molecule has 0 amide bonds. The summed E-state index contributed by atoms with van der Waals surface area (Å²) >= 11 is 0. The Balaban J connectivity index is 3.53. The van der Waals surface area contributed by atoms with Crippen LogP contribution in [0.1, 0.15) is 37.5 Å². The summed E-state index contributed by atoms with van der Waals surface area (Å²) in [7, 11) is -4.13. The van der Waals surface area contributed by atoms with Crippen molar-refractivity contribution in [3.63, 3.8) is 0 Å². The second-order valence-corrected chi connectivity index (χ2v) is 6.52. The molecule has 1 N–H and O–H groups in total. The summed E-state index contributed by atoms with van der Waals surface area (Å²) in [4.78, 5) is 0.0282. The number of hydrogen-bond acceptors (Lipinski definition) is 2. The summed E-state index contributed by atoms with van der Waals surface area (Å²) in [6.45, 7) is 9.59. The van der Waals surface area contributed by atoms with E-state index in [2.05, 4.69) is 20.8 Å². The molecule has 0 fully saturated rings. The zero-order valence-electron chi connectivity index (χ0n) is 10.3. The van der Waals surface area contributed by atoms with Gasteiger partial charge in [-0.25, -0.2) is 0 Å². The standard InChI is InChI=1S/C12H18O3S/c1-8-6-10(12(3,4)5)7-9(2)11(8)16(13,14)15/h6-7H,1-5H3,(H,13,14,15). The molecule has 0 atom stereocenters. The van der Waals surface area contributed by atoms with Crippen LogP contribution in [0.5, 0.6) is 0 Å². The molecule has 1 rings (SSSR count). The molecule has 1 aromatic carbocycles. The Morgan fingerprint density at radius 2 is 1.44 bits per heavy atom. The molecule has 0 bridgehead atoms. The zero-order chi connectivity index (χ0) is 12.7. The first-order chi connectivity index (χ1) is 7.03. The summed E-state index contributed by atoms with van der Waals surface area (Å²) < 4.78 is 31.5. The van der Waals surface area contributed by atoms with E-state index >= 15 is 0 Å². The average molecular weight is 242 g/mol. The highest BCUT2D eigenvalue weighted by atomic mass is 32.2. The molecule has 0 saturated carbocycles. The highest BCUT2D eigenvalue weighted by Gasteiger charge is 2.21. The fourth-order valence-electron chi connectivity index (χ4n) is 1.79. The Bertz CT molecular complexity index is 485. The van der Waals surface area contributed by atoms with Crippen molar-refractivity contribution in [1.29, 1.82) is 0 Å². The van der Waals surface area contributed by atoms with Gasteiger partial charge in [0.15, 0.2) is 0 Å². The van der Waals surface area contributed by atoms with Gasteiger partial charge in [0.1, 0.15) is 0 Å². The number of rotatable bonds is 1. The van der Waals surface area contributed by atoms with Crippen LogP contribution in [-0.4, -0.2) is 13.0 Å². The van der Waals surface area contributed by atoms with E-state index in [-0.39, 0.29) is 10.3 Å². The second-order valence-electron chi connectivity index (χ2n) is 5.16. The van der Waals surface area contributed by atoms with Gasteiger partial charge < -0.3 is 0 Å². The fourth-order valence-corrected chi connectivity index (χ4v) is 2.72. The Hall–Kier alpha value is -0.870. The molecule has 0 saturated heterocycles. The van der Waals surface area contributed by atoms with Crippen molar-refractivity contribution < 1.29 is 13.0 Å². The highest BCUT2D eigenvalue weighted by Crippen LogP contribution is 2.28. The van der Waals surface area contributed by atoms with Gasteiger partial charge in [0.25, 0.3) is 10.1 Å². The van der Waals surface area contributed by atoms with Crippen LogP contribution in [0.25, 0.3) is 0 Å². The molecule has 0 radical (unpaired) electrons. The lowest BCUT2D eigenvalue weighted by Crippen LogP contribution is -2.13. The number of hydrogen-bond donors (Lipinski definition) is 1. The second kappa shape index (κ2) is 3.86. The SMILES string of the molecule is Cc1cc(C(C)(C)C)cc(C)c1S(=O)(=O)O. The van der Waals surface area contributed by atoms with Gasteiger partial charge in [-0.15, -0.1) is 0 Å². The van der Waals surface area contributed by atoms with Crippen LogP contribution >= 0.6 is 0 Å². The molecule has 0 aliphatic heterocycles. The molecule has 0 spiro atoms. The first-order valence-corrected chi connectivity index (χ1v) is 6.56. The van der Waals surface area contributed by atoms with Crippen LogP contribution in [0.4, 0.5) is 0 Å². The maximum Gasteiger partial charge on any atom is 0.295 e. The Labute approximate surface area is 97.2 Å². The number of benzene rings is 1. The Morgan fingerprint density at radius 1 is 1.06 bits per heavy atom. The topological polar surface area (TPSA) is 54.4 Å². The van der Waals surface area contributed by atoms with E-state index < -0.39 is 10.1 Å². The van der Waals surface area contributed by atoms with Gasteiger partial charge in [-0.1, -0.05) is 32.9 Å². The molecule has 3 nitrogen and oxygen atoms in total. The molecule has 4 heteroatoms. The minimum Gasteiger partial charge on any atom is -0.282 e. The van der Waals surface area contributed by atoms with E-state index in [9.17, 15) is 8.42 Å². The van der Waals surface area contributed by atoms with Crippen molar-refractivity contribution in [2.24, 2.45) is 0 Å². The summed E-state index contributed by atoms with van der Waals surface area (Å²) in [5.41, 5.74) is 2.21. The quantitative estimate of drug-likeness (QED) is 0.770. The third kappa shape index (κ3) is 2.62. The monoisotopic (exact) mass is 242 g/mol. The van der Waals surface area contributed by atoms with Gasteiger partial charge in [0.05, 0.1) is 4.90 Å². The first-order valence-electron chi connectivity index (χ1n) is 5.12. The van der Waals surface area contributed by atoms with Crippen molar-refractivity contribution in [3.05, 3.63) is 28.8 Å². The molecule has 0 heterocycles. The lowest BCUT2D eigenvalue weighted by Gasteiger charge is -2.21. The van der Waals surface area contributed by atoms with E-state index in [1.807, 2.05) is 12.1 Å². The third-order valence-electron chi connectivity index (χ3n) is 2.58. The highest BCUT2D eigenvalue weighted by molar-refractivity contribution is 7.86. The lowest BCUT2D eigenvalue weighted by molar-refractivity contribution is 0.481. The van der Waals surface area contributed by atoms with E-state index in [0.717, 1.165) is 5.56 Å².